The number of benzene rings is 5. The lowest BCUT2D eigenvalue weighted by molar-refractivity contribution is -0.132. The SMILES string of the molecule is COc1ccc(-c2cccc(C(=O)N(C)C)c2)cc1S(=O)(=O)N(C(=O)CCc1ccccc1)c1ccc2c(c1)C(N(C)C(=O)CCc1ccccc1)CCC2. The van der Waals surface area contributed by atoms with E-state index in [0.29, 0.717) is 42.4 Å². The predicted octanol–water partition coefficient (Wildman–Crippen LogP) is 7.89. The Morgan fingerprint density at radius 1 is 0.709 bits per heavy atom. The average Bonchev–Trinajstić information content (AvgIpc) is 3.21. The Hall–Kier alpha value is -5.74. The molecule has 55 heavy (non-hydrogen) atoms. The van der Waals surface area contributed by atoms with E-state index in [1.807, 2.05) is 66.7 Å². The van der Waals surface area contributed by atoms with Crippen molar-refractivity contribution in [2.75, 3.05) is 32.6 Å². The molecule has 0 aliphatic heterocycles. The second kappa shape index (κ2) is 17.2. The van der Waals surface area contributed by atoms with Gasteiger partial charge in [0.05, 0.1) is 18.8 Å². The van der Waals surface area contributed by atoms with Gasteiger partial charge >= 0.3 is 0 Å². The highest BCUT2D eigenvalue weighted by atomic mass is 32.2. The Kier molecular flexibility index (Phi) is 12.2. The summed E-state index contributed by atoms with van der Waals surface area (Å²) in [6, 6.07) is 36.1. The Morgan fingerprint density at radius 2 is 1.35 bits per heavy atom. The molecule has 6 rings (SSSR count). The van der Waals surface area contributed by atoms with Crippen molar-refractivity contribution in [2.45, 2.75) is 55.9 Å². The van der Waals surface area contributed by atoms with Gasteiger partial charge < -0.3 is 14.5 Å². The lowest BCUT2D eigenvalue weighted by atomic mass is 9.86. The molecule has 0 spiro atoms. The second-order valence-electron chi connectivity index (χ2n) is 14.1. The third-order valence-electron chi connectivity index (χ3n) is 10.2. The number of nitrogens with zero attached hydrogens (tertiary/aromatic N) is 3. The van der Waals surface area contributed by atoms with Crippen LogP contribution in [-0.4, -0.2) is 64.2 Å². The zero-order valence-corrected chi connectivity index (χ0v) is 32.6. The van der Waals surface area contributed by atoms with Gasteiger partial charge in [-0.2, -0.15) is 0 Å². The first-order valence-corrected chi connectivity index (χ1v) is 20.0. The van der Waals surface area contributed by atoms with Crippen molar-refractivity contribution in [3.8, 4) is 16.9 Å². The van der Waals surface area contributed by atoms with E-state index < -0.39 is 15.9 Å². The van der Waals surface area contributed by atoms with Crippen molar-refractivity contribution in [1.29, 1.82) is 0 Å². The minimum absolute atomic E-state index is 0.00609. The van der Waals surface area contributed by atoms with Crippen LogP contribution in [0.4, 0.5) is 5.69 Å². The number of hydrogen-bond donors (Lipinski definition) is 0. The van der Waals surface area contributed by atoms with Crippen molar-refractivity contribution >= 4 is 33.4 Å². The highest BCUT2D eigenvalue weighted by Crippen LogP contribution is 2.39. The molecule has 0 bridgehead atoms. The van der Waals surface area contributed by atoms with Crippen LogP contribution in [0.2, 0.25) is 0 Å². The normalized spacial score (nSPS) is 13.7. The number of methoxy groups -OCH3 is 1. The van der Waals surface area contributed by atoms with E-state index in [4.69, 9.17) is 4.74 Å². The van der Waals surface area contributed by atoms with Crippen LogP contribution in [0.15, 0.2) is 126 Å². The average molecular weight is 758 g/mol. The van der Waals surface area contributed by atoms with Crippen LogP contribution in [0.3, 0.4) is 0 Å². The molecule has 284 valence electrons. The summed E-state index contributed by atoms with van der Waals surface area (Å²) in [5.74, 6) is -0.722. The van der Waals surface area contributed by atoms with Gasteiger partial charge in [0.15, 0.2) is 0 Å². The lowest BCUT2D eigenvalue weighted by Gasteiger charge is -2.34. The van der Waals surface area contributed by atoms with E-state index in [9.17, 15) is 14.4 Å². The first kappa shape index (κ1) is 39.0. The molecule has 0 saturated heterocycles. The summed E-state index contributed by atoms with van der Waals surface area (Å²) in [5.41, 5.74) is 5.64. The Bertz CT molecular complexity index is 2280. The summed E-state index contributed by atoms with van der Waals surface area (Å²) in [5, 5.41) is 0. The highest BCUT2D eigenvalue weighted by Gasteiger charge is 2.35. The number of carbonyl (C=O) groups excluding carboxylic acids is 3. The Balaban J connectivity index is 1.40. The molecule has 5 aromatic rings. The standard InChI is InChI=1S/C45H47N3O6S/c1-46(2)45(51)37-19-11-18-35(29-37)36-24-26-41(54-4)42(30-36)55(52,53)48(44(50)28-22-33-15-9-6-10-16-33)38-25-23-34-17-12-20-40(39(34)31-38)47(3)43(49)27-21-32-13-7-5-8-14-32/h5-11,13-16,18-19,23-26,29-31,40H,12,17,20-22,27-28H2,1-4H3. The maximum absolute atomic E-state index is 15.0. The lowest BCUT2D eigenvalue weighted by Crippen LogP contribution is -2.38. The minimum atomic E-state index is -4.59. The maximum atomic E-state index is 15.0. The van der Waals surface area contributed by atoms with Gasteiger partial charge in [0.2, 0.25) is 11.8 Å². The smallest absolute Gasteiger partial charge is 0.274 e. The first-order valence-electron chi connectivity index (χ1n) is 18.5. The van der Waals surface area contributed by atoms with Crippen LogP contribution < -0.4 is 9.04 Å². The second-order valence-corrected chi connectivity index (χ2v) is 15.8. The fourth-order valence-electron chi connectivity index (χ4n) is 7.20. The van der Waals surface area contributed by atoms with Crippen molar-refractivity contribution < 1.29 is 27.5 Å². The maximum Gasteiger partial charge on any atom is 0.274 e. The van der Waals surface area contributed by atoms with E-state index in [0.717, 1.165) is 39.4 Å². The van der Waals surface area contributed by atoms with Crippen molar-refractivity contribution in [2.24, 2.45) is 0 Å². The van der Waals surface area contributed by atoms with Gasteiger partial charge in [-0.05, 0) is 102 Å². The van der Waals surface area contributed by atoms with E-state index in [2.05, 4.69) is 0 Å². The molecule has 1 atom stereocenters. The summed E-state index contributed by atoms with van der Waals surface area (Å²) < 4.78 is 36.6. The first-order chi connectivity index (χ1) is 26.5. The van der Waals surface area contributed by atoms with E-state index >= 15 is 8.42 Å². The van der Waals surface area contributed by atoms with Crippen LogP contribution in [0.1, 0.15) is 64.3 Å². The molecule has 1 unspecified atom stereocenters. The number of carbonyl (C=O) groups is 3. The minimum Gasteiger partial charge on any atom is -0.495 e. The van der Waals surface area contributed by atoms with E-state index in [1.165, 1.54) is 18.1 Å². The van der Waals surface area contributed by atoms with Gasteiger partial charge in [0.1, 0.15) is 10.6 Å². The summed E-state index contributed by atoms with van der Waals surface area (Å²) in [4.78, 5) is 43.8. The van der Waals surface area contributed by atoms with E-state index in [1.54, 1.807) is 74.6 Å². The third kappa shape index (κ3) is 8.81. The predicted molar refractivity (Wildman–Crippen MR) is 216 cm³/mol. The molecular formula is C45H47N3O6S. The van der Waals surface area contributed by atoms with Gasteiger partial charge in [-0.3, -0.25) is 14.4 Å². The zero-order chi connectivity index (χ0) is 39.1. The molecule has 10 heteroatoms. The van der Waals surface area contributed by atoms with Gasteiger partial charge in [0.25, 0.3) is 15.9 Å². The van der Waals surface area contributed by atoms with Crippen LogP contribution in [0, 0.1) is 0 Å². The number of rotatable bonds is 13. The number of ether oxygens (including phenoxy) is 1. The largest absolute Gasteiger partial charge is 0.495 e. The number of fused-ring (bicyclic) bond motifs is 1. The molecule has 0 radical (unpaired) electrons. The van der Waals surface area contributed by atoms with E-state index in [-0.39, 0.29) is 40.6 Å². The molecule has 0 N–H and O–H groups in total. The monoisotopic (exact) mass is 757 g/mol. The zero-order valence-electron chi connectivity index (χ0n) is 31.8. The number of sulfonamides is 1. The number of anilines is 1. The number of aryl methyl sites for hydroxylation is 3. The van der Waals surface area contributed by atoms with Crippen LogP contribution >= 0.6 is 0 Å². The quantitative estimate of drug-likeness (QED) is 0.121. The third-order valence-corrected chi connectivity index (χ3v) is 12.0. The fourth-order valence-corrected chi connectivity index (χ4v) is 8.83. The van der Waals surface area contributed by atoms with Gasteiger partial charge in [-0.1, -0.05) is 84.9 Å². The molecule has 0 aromatic heterocycles. The Labute approximate surface area is 324 Å². The summed E-state index contributed by atoms with van der Waals surface area (Å²) >= 11 is 0. The van der Waals surface area contributed by atoms with Gasteiger partial charge in [-0.25, -0.2) is 12.7 Å². The highest BCUT2D eigenvalue weighted by molar-refractivity contribution is 7.93. The van der Waals surface area contributed by atoms with Gasteiger partial charge in [-0.15, -0.1) is 0 Å². The Morgan fingerprint density at radius 3 is 1.98 bits per heavy atom. The summed E-state index contributed by atoms with van der Waals surface area (Å²) in [6.07, 6.45) is 3.58. The molecule has 0 fully saturated rings. The molecule has 9 nitrogen and oxygen atoms in total. The summed E-state index contributed by atoms with van der Waals surface area (Å²) in [6.45, 7) is 0. The van der Waals surface area contributed by atoms with Crippen molar-refractivity contribution in [3.05, 3.63) is 149 Å². The fraction of sp³-hybridized carbons (Fsp3) is 0.267. The number of hydrogen-bond acceptors (Lipinski definition) is 6. The molecule has 3 amide bonds. The van der Waals surface area contributed by atoms with Crippen LogP contribution in [-0.2, 0) is 38.9 Å². The topological polar surface area (TPSA) is 104 Å². The molecule has 5 aromatic carbocycles. The molecule has 0 heterocycles. The molecule has 0 saturated carbocycles. The van der Waals surface area contributed by atoms with Gasteiger partial charge in [0, 0.05) is 39.5 Å². The van der Waals surface area contributed by atoms with Crippen molar-refractivity contribution in [3.63, 3.8) is 0 Å². The number of amides is 3. The molecule has 1 aliphatic rings. The summed E-state index contributed by atoms with van der Waals surface area (Å²) in [7, 11) is 1.94. The van der Waals surface area contributed by atoms with Crippen LogP contribution in [0.25, 0.3) is 11.1 Å². The molecule has 1 aliphatic carbocycles. The van der Waals surface area contributed by atoms with Crippen molar-refractivity contribution in [1.82, 2.24) is 9.80 Å². The van der Waals surface area contributed by atoms with Crippen LogP contribution in [0.5, 0.6) is 5.75 Å². The molecular weight excluding hydrogens is 711 g/mol.